The molecule has 0 spiro atoms. The monoisotopic (exact) mass is 476 g/mol. The van der Waals surface area contributed by atoms with Crippen LogP contribution in [0.25, 0.3) is 11.3 Å². The largest absolute Gasteiger partial charge is 0.534 e. The third-order valence-electron chi connectivity index (χ3n) is 3.60. The summed E-state index contributed by atoms with van der Waals surface area (Å²) in [4.78, 5) is 2.04. The molecule has 0 saturated carbocycles. The maximum atomic E-state index is 13.2. The number of rotatable bonds is 6. The molecule has 1 atom stereocenters. The fraction of sp³-hybridized carbons (Fsp3) is 0.312. The van der Waals surface area contributed by atoms with Crippen molar-refractivity contribution in [2.24, 2.45) is 0 Å². The van der Waals surface area contributed by atoms with E-state index in [-0.39, 0.29) is 23.4 Å². The van der Waals surface area contributed by atoms with Crippen molar-refractivity contribution < 1.29 is 43.7 Å². The number of aromatic nitrogens is 1. The zero-order valence-corrected chi connectivity index (χ0v) is 16.3. The number of ether oxygens (including phenoxy) is 1. The third-order valence-corrected chi connectivity index (χ3v) is 4.98. The predicted molar refractivity (Wildman–Crippen MR) is 91.8 cm³/mol. The molecule has 2 aromatic rings. The normalized spacial score (nSPS) is 13.7. The summed E-state index contributed by atoms with van der Waals surface area (Å²) in [5.41, 5.74) is -7.67. The van der Waals surface area contributed by atoms with Crippen LogP contribution in [-0.4, -0.2) is 25.5 Å². The van der Waals surface area contributed by atoms with Crippen molar-refractivity contribution in [2.75, 3.05) is 6.61 Å². The zero-order chi connectivity index (χ0) is 22.9. The van der Waals surface area contributed by atoms with Crippen LogP contribution in [0.4, 0.5) is 26.3 Å². The van der Waals surface area contributed by atoms with Gasteiger partial charge in [0.25, 0.3) is 0 Å². The van der Waals surface area contributed by atoms with Gasteiger partial charge in [0.15, 0.2) is 6.10 Å². The SMILES string of the molecule is CCOC(C#N)c1c(-c2ccc(OS(=O)(=O)C(F)(F)F)cc2)[nH]c(C(F)(F)F)c1Cl. The molecule has 0 radical (unpaired) electrons. The van der Waals surface area contributed by atoms with E-state index in [2.05, 4.69) is 4.18 Å². The van der Waals surface area contributed by atoms with Crippen molar-refractivity contribution in [1.82, 2.24) is 4.98 Å². The molecule has 0 saturated heterocycles. The molecule has 30 heavy (non-hydrogen) atoms. The van der Waals surface area contributed by atoms with Gasteiger partial charge in [0.2, 0.25) is 0 Å². The average molecular weight is 477 g/mol. The van der Waals surface area contributed by atoms with E-state index in [4.69, 9.17) is 16.3 Å². The minimum atomic E-state index is -5.92. The van der Waals surface area contributed by atoms with Crippen LogP contribution >= 0.6 is 11.6 Å². The van der Waals surface area contributed by atoms with E-state index in [9.17, 15) is 40.0 Å². The van der Waals surface area contributed by atoms with Crippen molar-refractivity contribution >= 4 is 21.7 Å². The molecule has 0 aliphatic rings. The molecule has 14 heteroatoms. The van der Waals surface area contributed by atoms with Crippen LogP contribution in [0.2, 0.25) is 5.02 Å². The van der Waals surface area contributed by atoms with Gasteiger partial charge in [0, 0.05) is 12.2 Å². The Morgan fingerprint density at radius 2 is 1.73 bits per heavy atom. The van der Waals surface area contributed by atoms with Gasteiger partial charge in [-0.25, -0.2) is 0 Å². The van der Waals surface area contributed by atoms with Gasteiger partial charge < -0.3 is 13.9 Å². The summed E-state index contributed by atoms with van der Waals surface area (Å²) in [6.45, 7) is 1.48. The second kappa shape index (κ2) is 8.37. The maximum absolute atomic E-state index is 13.2. The van der Waals surface area contributed by atoms with E-state index < -0.39 is 44.4 Å². The lowest BCUT2D eigenvalue weighted by Gasteiger charge is -2.12. The first-order valence-electron chi connectivity index (χ1n) is 7.83. The highest BCUT2D eigenvalue weighted by atomic mass is 35.5. The first-order valence-corrected chi connectivity index (χ1v) is 9.62. The second-order valence-corrected chi connectivity index (χ2v) is 7.49. The van der Waals surface area contributed by atoms with Crippen LogP contribution in [0.3, 0.4) is 0 Å². The molecule has 0 bridgehead atoms. The van der Waals surface area contributed by atoms with Crippen LogP contribution in [0.5, 0.6) is 5.75 Å². The van der Waals surface area contributed by atoms with Gasteiger partial charge in [-0.2, -0.15) is 40.0 Å². The number of H-pyrrole nitrogens is 1. The van der Waals surface area contributed by atoms with Crippen LogP contribution < -0.4 is 4.18 Å². The third kappa shape index (κ3) is 4.82. The highest BCUT2D eigenvalue weighted by Gasteiger charge is 2.48. The predicted octanol–water partition coefficient (Wildman–Crippen LogP) is 5.18. The van der Waals surface area contributed by atoms with Crippen LogP contribution in [0.1, 0.15) is 24.3 Å². The van der Waals surface area contributed by atoms with Gasteiger partial charge >= 0.3 is 21.8 Å². The minimum Gasteiger partial charge on any atom is -0.376 e. The average Bonchev–Trinajstić information content (AvgIpc) is 2.96. The Balaban J connectivity index is 2.54. The second-order valence-electron chi connectivity index (χ2n) is 5.57. The molecule has 2 rings (SSSR count). The van der Waals surface area contributed by atoms with Gasteiger partial charge in [0.1, 0.15) is 11.4 Å². The zero-order valence-electron chi connectivity index (χ0n) is 14.7. The standard InChI is InChI=1S/C16H11ClF6N2O4S/c1-2-28-10(7-24)11-12(17)14(15(18,19)20)25-13(11)8-3-5-9(6-4-8)29-30(26,27)16(21,22)23/h3-6,10,25H,2H2,1H3. The molecule has 0 fully saturated rings. The Bertz CT molecular complexity index is 1060. The van der Waals surface area contributed by atoms with Gasteiger partial charge in [-0.05, 0) is 36.8 Å². The molecule has 1 N–H and O–H groups in total. The Morgan fingerprint density at radius 3 is 2.17 bits per heavy atom. The molecular weight excluding hydrogens is 466 g/mol. The number of aromatic amines is 1. The quantitative estimate of drug-likeness (QED) is 0.352. The number of hydrogen-bond acceptors (Lipinski definition) is 5. The fourth-order valence-corrected chi connectivity index (χ4v) is 3.17. The topological polar surface area (TPSA) is 92.2 Å². The van der Waals surface area contributed by atoms with E-state index >= 15 is 0 Å². The van der Waals surface area contributed by atoms with Gasteiger partial charge in [-0.3, -0.25) is 0 Å². The van der Waals surface area contributed by atoms with E-state index in [0.29, 0.717) is 0 Å². The highest BCUT2D eigenvalue weighted by Crippen LogP contribution is 2.44. The van der Waals surface area contributed by atoms with Crippen LogP contribution in [-0.2, 0) is 21.0 Å². The molecule has 1 heterocycles. The van der Waals surface area contributed by atoms with Crippen LogP contribution in [0.15, 0.2) is 24.3 Å². The number of alkyl halides is 6. The molecule has 0 amide bonds. The Morgan fingerprint density at radius 1 is 1.17 bits per heavy atom. The number of halogens is 7. The lowest BCUT2D eigenvalue weighted by atomic mass is 10.0. The molecule has 6 nitrogen and oxygen atoms in total. The number of nitrogens with one attached hydrogen (secondary N) is 1. The van der Waals surface area contributed by atoms with Crippen molar-refractivity contribution in [2.45, 2.75) is 24.7 Å². The maximum Gasteiger partial charge on any atom is 0.534 e. The first kappa shape index (κ1) is 23.8. The highest BCUT2D eigenvalue weighted by molar-refractivity contribution is 7.88. The smallest absolute Gasteiger partial charge is 0.376 e. The van der Waals surface area contributed by atoms with Crippen molar-refractivity contribution in [3.05, 3.63) is 40.5 Å². The molecular formula is C16H11ClF6N2O4S. The lowest BCUT2D eigenvalue weighted by molar-refractivity contribution is -0.140. The Labute approximate surface area is 171 Å². The summed E-state index contributed by atoms with van der Waals surface area (Å²) in [5.74, 6) is -0.729. The molecule has 1 aromatic carbocycles. The number of nitriles is 1. The van der Waals surface area contributed by atoms with Crippen LogP contribution in [0, 0.1) is 11.3 Å². The van der Waals surface area contributed by atoms with E-state index in [1.54, 1.807) is 6.07 Å². The number of nitrogens with zero attached hydrogens (tertiary/aromatic N) is 1. The first-order chi connectivity index (χ1) is 13.7. The molecule has 1 aromatic heterocycles. The summed E-state index contributed by atoms with van der Waals surface area (Å²) in [6.07, 6.45) is -6.38. The van der Waals surface area contributed by atoms with Gasteiger partial charge in [0.05, 0.1) is 16.8 Å². The molecule has 1 unspecified atom stereocenters. The molecule has 0 aliphatic heterocycles. The number of benzene rings is 1. The summed E-state index contributed by atoms with van der Waals surface area (Å²) in [6, 6.07) is 5.25. The van der Waals surface area contributed by atoms with E-state index in [1.165, 1.54) is 6.92 Å². The van der Waals surface area contributed by atoms with Gasteiger partial charge in [-0.1, -0.05) is 11.6 Å². The minimum absolute atomic E-state index is 0.0252. The summed E-state index contributed by atoms with van der Waals surface area (Å²) < 4.78 is 108. The molecule has 164 valence electrons. The Kier molecular flexibility index (Phi) is 6.65. The van der Waals surface area contributed by atoms with Gasteiger partial charge in [-0.15, -0.1) is 0 Å². The van der Waals surface area contributed by atoms with Crippen molar-refractivity contribution in [1.29, 1.82) is 5.26 Å². The summed E-state index contributed by atoms with van der Waals surface area (Å²) >= 11 is 5.83. The molecule has 0 aliphatic carbocycles. The fourth-order valence-electron chi connectivity index (χ4n) is 2.36. The van der Waals surface area contributed by atoms with E-state index in [0.717, 1.165) is 24.3 Å². The Hall–Kier alpha value is -2.43. The lowest BCUT2D eigenvalue weighted by Crippen LogP contribution is -2.28. The van der Waals surface area contributed by atoms with Crippen molar-refractivity contribution in [3.63, 3.8) is 0 Å². The van der Waals surface area contributed by atoms with E-state index in [1.807, 2.05) is 4.98 Å². The van der Waals surface area contributed by atoms with Crippen molar-refractivity contribution in [3.8, 4) is 23.1 Å². The summed E-state index contributed by atoms with van der Waals surface area (Å²) in [7, 11) is -5.92. The number of hydrogen-bond donors (Lipinski definition) is 1. The summed E-state index contributed by atoms with van der Waals surface area (Å²) in [5, 5.41) is 8.44.